The summed E-state index contributed by atoms with van der Waals surface area (Å²) < 4.78 is 0. The molecule has 0 saturated carbocycles. The van der Waals surface area contributed by atoms with Crippen LogP contribution in [0.1, 0.15) is 32.1 Å². The molecule has 2 amide bonds. The van der Waals surface area contributed by atoms with E-state index in [1.807, 2.05) is 35.2 Å². The van der Waals surface area contributed by atoms with Crippen molar-refractivity contribution in [3.8, 4) is 0 Å². The van der Waals surface area contributed by atoms with Crippen LogP contribution in [0.2, 0.25) is 0 Å². The minimum absolute atomic E-state index is 0.0616. The fourth-order valence-electron chi connectivity index (χ4n) is 3.16. The lowest BCUT2D eigenvalue weighted by Gasteiger charge is -2.32. The average molecular weight is 272 g/mol. The molecular formula is C16H20N2O2. The van der Waals surface area contributed by atoms with Crippen molar-refractivity contribution in [1.29, 1.82) is 0 Å². The van der Waals surface area contributed by atoms with E-state index < -0.39 is 0 Å². The summed E-state index contributed by atoms with van der Waals surface area (Å²) in [7, 11) is 0. The summed E-state index contributed by atoms with van der Waals surface area (Å²) in [6.45, 7) is 1.68. The standard InChI is InChI=1S/C16H20N2O2/c19-15-10-9-14(16(20)17-11-5-2-6-12-17)18(15)13-7-3-1-4-8-13/h1,3-4,7-8,14H,2,5-6,9-12H2. The number of rotatable bonds is 2. The van der Waals surface area contributed by atoms with Crippen LogP contribution in [0.3, 0.4) is 0 Å². The molecule has 4 heteroatoms. The molecule has 0 spiro atoms. The molecule has 3 rings (SSSR count). The molecule has 1 atom stereocenters. The molecule has 2 saturated heterocycles. The Balaban J connectivity index is 1.81. The van der Waals surface area contributed by atoms with Crippen molar-refractivity contribution >= 4 is 17.5 Å². The highest BCUT2D eigenvalue weighted by Gasteiger charge is 2.39. The number of para-hydroxylation sites is 1. The van der Waals surface area contributed by atoms with E-state index in [1.54, 1.807) is 4.90 Å². The van der Waals surface area contributed by atoms with Gasteiger partial charge in [0.05, 0.1) is 0 Å². The molecule has 2 aliphatic heterocycles. The van der Waals surface area contributed by atoms with Crippen LogP contribution in [-0.2, 0) is 9.59 Å². The zero-order valence-electron chi connectivity index (χ0n) is 11.6. The summed E-state index contributed by atoms with van der Waals surface area (Å²) in [5, 5.41) is 0. The van der Waals surface area contributed by atoms with Gasteiger partial charge in [-0.3, -0.25) is 14.5 Å². The first kappa shape index (κ1) is 13.2. The monoisotopic (exact) mass is 272 g/mol. The molecule has 0 aromatic heterocycles. The van der Waals surface area contributed by atoms with Crippen LogP contribution in [-0.4, -0.2) is 35.8 Å². The second-order valence-corrected chi connectivity index (χ2v) is 5.54. The number of hydrogen-bond donors (Lipinski definition) is 0. The Morgan fingerprint density at radius 2 is 1.75 bits per heavy atom. The zero-order chi connectivity index (χ0) is 13.9. The van der Waals surface area contributed by atoms with Crippen molar-refractivity contribution in [2.45, 2.75) is 38.1 Å². The van der Waals surface area contributed by atoms with Crippen molar-refractivity contribution in [3.63, 3.8) is 0 Å². The largest absolute Gasteiger partial charge is 0.341 e. The molecule has 0 aliphatic carbocycles. The van der Waals surface area contributed by atoms with Gasteiger partial charge in [-0.05, 0) is 37.8 Å². The molecule has 0 radical (unpaired) electrons. The smallest absolute Gasteiger partial charge is 0.245 e. The van der Waals surface area contributed by atoms with E-state index >= 15 is 0 Å². The predicted molar refractivity (Wildman–Crippen MR) is 77.4 cm³/mol. The Morgan fingerprint density at radius 3 is 2.45 bits per heavy atom. The third-order valence-corrected chi connectivity index (χ3v) is 4.20. The van der Waals surface area contributed by atoms with Gasteiger partial charge >= 0.3 is 0 Å². The Morgan fingerprint density at radius 1 is 1.05 bits per heavy atom. The summed E-state index contributed by atoms with van der Waals surface area (Å²) in [6, 6.07) is 9.24. The molecule has 0 N–H and O–H groups in total. The van der Waals surface area contributed by atoms with Gasteiger partial charge in [-0.25, -0.2) is 0 Å². The number of anilines is 1. The first-order chi connectivity index (χ1) is 9.77. The Hall–Kier alpha value is -1.84. The van der Waals surface area contributed by atoms with Crippen LogP contribution < -0.4 is 4.90 Å². The summed E-state index contributed by atoms with van der Waals surface area (Å²) in [6.07, 6.45) is 4.48. The molecule has 1 aromatic carbocycles. The van der Waals surface area contributed by atoms with Gasteiger partial charge in [-0.1, -0.05) is 18.2 Å². The van der Waals surface area contributed by atoms with E-state index in [0.717, 1.165) is 31.6 Å². The first-order valence-corrected chi connectivity index (χ1v) is 7.43. The van der Waals surface area contributed by atoms with Crippen LogP contribution in [0, 0.1) is 0 Å². The quantitative estimate of drug-likeness (QED) is 0.828. The number of amides is 2. The molecule has 4 nitrogen and oxygen atoms in total. The van der Waals surface area contributed by atoms with Crippen molar-refractivity contribution in [3.05, 3.63) is 30.3 Å². The fraction of sp³-hybridized carbons (Fsp3) is 0.500. The predicted octanol–water partition coefficient (Wildman–Crippen LogP) is 2.19. The normalized spacial score (nSPS) is 23.2. The fourth-order valence-corrected chi connectivity index (χ4v) is 3.16. The summed E-state index contributed by atoms with van der Waals surface area (Å²) in [5.74, 6) is 0.186. The van der Waals surface area contributed by atoms with Crippen molar-refractivity contribution in [2.75, 3.05) is 18.0 Å². The molecule has 0 bridgehead atoms. The molecule has 1 aromatic rings. The van der Waals surface area contributed by atoms with Gasteiger partial charge in [0.25, 0.3) is 0 Å². The highest BCUT2D eigenvalue weighted by molar-refractivity contribution is 6.03. The van der Waals surface area contributed by atoms with Gasteiger partial charge in [0.2, 0.25) is 11.8 Å². The Bertz CT molecular complexity index is 494. The molecule has 106 valence electrons. The number of piperidine rings is 1. The number of carbonyl (C=O) groups is 2. The van der Waals surface area contributed by atoms with E-state index in [9.17, 15) is 9.59 Å². The van der Waals surface area contributed by atoms with Crippen molar-refractivity contribution < 1.29 is 9.59 Å². The number of likely N-dealkylation sites (tertiary alicyclic amines) is 1. The minimum Gasteiger partial charge on any atom is -0.341 e. The molecule has 1 unspecified atom stereocenters. The maximum atomic E-state index is 12.7. The van der Waals surface area contributed by atoms with Crippen molar-refractivity contribution in [1.82, 2.24) is 4.90 Å². The number of carbonyl (C=O) groups excluding carboxylic acids is 2. The number of benzene rings is 1. The summed E-state index contributed by atoms with van der Waals surface area (Å²) in [4.78, 5) is 28.4. The summed E-state index contributed by atoms with van der Waals surface area (Å²) in [5.41, 5.74) is 0.838. The minimum atomic E-state index is -0.303. The Kier molecular flexibility index (Phi) is 3.72. The molecule has 20 heavy (non-hydrogen) atoms. The van der Waals surface area contributed by atoms with E-state index in [2.05, 4.69) is 0 Å². The third-order valence-electron chi connectivity index (χ3n) is 4.20. The Labute approximate surface area is 119 Å². The number of nitrogens with zero attached hydrogens (tertiary/aromatic N) is 2. The van der Waals surface area contributed by atoms with Crippen LogP contribution in [0.4, 0.5) is 5.69 Å². The highest BCUT2D eigenvalue weighted by atomic mass is 16.2. The zero-order valence-corrected chi connectivity index (χ0v) is 11.6. The first-order valence-electron chi connectivity index (χ1n) is 7.43. The second-order valence-electron chi connectivity index (χ2n) is 5.54. The maximum Gasteiger partial charge on any atom is 0.245 e. The van der Waals surface area contributed by atoms with Gasteiger partial charge < -0.3 is 4.90 Å². The van der Waals surface area contributed by atoms with Crippen LogP contribution >= 0.6 is 0 Å². The van der Waals surface area contributed by atoms with Crippen LogP contribution in [0.15, 0.2) is 30.3 Å². The van der Waals surface area contributed by atoms with E-state index in [-0.39, 0.29) is 17.9 Å². The van der Waals surface area contributed by atoms with Gasteiger partial charge in [0.15, 0.2) is 0 Å². The van der Waals surface area contributed by atoms with E-state index in [1.165, 1.54) is 6.42 Å². The van der Waals surface area contributed by atoms with Crippen LogP contribution in [0.5, 0.6) is 0 Å². The molecule has 2 aliphatic rings. The SMILES string of the molecule is O=C(C1CCC(=O)N1c1ccccc1)N1CCCCC1. The molecule has 2 fully saturated rings. The topological polar surface area (TPSA) is 40.6 Å². The molecular weight excluding hydrogens is 252 g/mol. The molecule has 2 heterocycles. The lowest BCUT2D eigenvalue weighted by Crippen LogP contribution is -2.48. The van der Waals surface area contributed by atoms with Crippen LogP contribution in [0.25, 0.3) is 0 Å². The number of hydrogen-bond acceptors (Lipinski definition) is 2. The van der Waals surface area contributed by atoms with Gasteiger partial charge in [-0.2, -0.15) is 0 Å². The second kappa shape index (κ2) is 5.65. The van der Waals surface area contributed by atoms with Gasteiger partial charge in [-0.15, -0.1) is 0 Å². The average Bonchev–Trinajstić information content (AvgIpc) is 2.90. The van der Waals surface area contributed by atoms with E-state index in [0.29, 0.717) is 12.8 Å². The van der Waals surface area contributed by atoms with Gasteiger partial charge in [0, 0.05) is 25.2 Å². The summed E-state index contributed by atoms with van der Waals surface area (Å²) >= 11 is 0. The lowest BCUT2D eigenvalue weighted by molar-refractivity contribution is -0.134. The maximum absolute atomic E-state index is 12.7. The van der Waals surface area contributed by atoms with E-state index in [4.69, 9.17) is 0 Å². The van der Waals surface area contributed by atoms with Gasteiger partial charge in [0.1, 0.15) is 6.04 Å². The lowest BCUT2D eigenvalue weighted by atomic mass is 10.1. The third kappa shape index (κ3) is 2.42. The van der Waals surface area contributed by atoms with Crippen molar-refractivity contribution in [2.24, 2.45) is 0 Å². The highest BCUT2D eigenvalue weighted by Crippen LogP contribution is 2.28.